The molecule has 66 valence electrons. The highest BCUT2D eigenvalue weighted by Crippen LogP contribution is 2.04. The quantitative estimate of drug-likeness (QED) is 0.631. The van der Waals surface area contributed by atoms with Crippen LogP contribution in [-0.4, -0.2) is 12.1 Å². The predicted octanol–water partition coefficient (Wildman–Crippen LogP) is 2.39. The highest BCUT2D eigenvalue weighted by atomic mass is 16.1. The lowest BCUT2D eigenvalue weighted by molar-refractivity contribution is 0.100. The van der Waals surface area contributed by atoms with Crippen molar-refractivity contribution in [1.82, 2.24) is 0 Å². The summed E-state index contributed by atoms with van der Waals surface area (Å²) >= 11 is 0. The summed E-state index contributed by atoms with van der Waals surface area (Å²) in [6, 6.07) is 7.33. The summed E-state index contributed by atoms with van der Waals surface area (Å²) in [6.07, 6.45) is 2.87. The van der Waals surface area contributed by atoms with Gasteiger partial charge in [-0.15, -0.1) is 0 Å². The van der Waals surface area contributed by atoms with Crippen molar-refractivity contribution in [2.45, 2.75) is 6.92 Å². The van der Waals surface area contributed by atoms with Gasteiger partial charge in [0.1, 0.15) is 0 Å². The Bertz CT molecular complexity index is 353. The van der Waals surface area contributed by atoms with Crippen molar-refractivity contribution < 1.29 is 4.79 Å². The molecule has 0 fully saturated rings. The summed E-state index contributed by atoms with van der Waals surface area (Å²) < 4.78 is 0. The molecule has 1 rings (SSSR count). The van der Waals surface area contributed by atoms with E-state index in [9.17, 15) is 4.79 Å². The molecule has 0 aliphatic rings. The zero-order valence-corrected chi connectivity index (χ0v) is 7.53. The van der Waals surface area contributed by atoms with Crippen LogP contribution in [0, 0.1) is 6.92 Å². The van der Waals surface area contributed by atoms with Gasteiger partial charge in [0, 0.05) is 11.8 Å². The van der Waals surface area contributed by atoms with E-state index >= 15 is 0 Å². The third kappa shape index (κ3) is 2.67. The molecule has 0 aliphatic heterocycles. The third-order valence-corrected chi connectivity index (χ3v) is 1.56. The SMILES string of the molecule is C=CC=NC(=O)c1cccc(C)c1. The van der Waals surface area contributed by atoms with Crippen LogP contribution < -0.4 is 0 Å². The monoisotopic (exact) mass is 173 g/mol. The molecule has 1 aromatic rings. The van der Waals surface area contributed by atoms with Crippen LogP contribution in [0.1, 0.15) is 15.9 Å². The van der Waals surface area contributed by atoms with Crippen LogP contribution in [0.25, 0.3) is 0 Å². The van der Waals surface area contributed by atoms with Crippen molar-refractivity contribution >= 4 is 12.1 Å². The Morgan fingerprint density at radius 1 is 1.54 bits per heavy atom. The Kier molecular flexibility index (Phi) is 3.15. The smallest absolute Gasteiger partial charge is 0.267 e. The van der Waals surface area contributed by atoms with Gasteiger partial charge in [-0.1, -0.05) is 30.4 Å². The molecule has 0 heterocycles. The molecule has 0 unspecified atom stereocenters. The van der Waals surface area contributed by atoms with Crippen LogP contribution in [-0.2, 0) is 0 Å². The largest absolute Gasteiger partial charge is 0.276 e. The highest BCUT2D eigenvalue weighted by Gasteiger charge is 2.00. The van der Waals surface area contributed by atoms with E-state index in [1.54, 1.807) is 6.07 Å². The fraction of sp³-hybridized carbons (Fsp3) is 0.0909. The number of hydrogen-bond acceptors (Lipinski definition) is 1. The number of hydrogen-bond donors (Lipinski definition) is 0. The van der Waals surface area contributed by atoms with E-state index in [2.05, 4.69) is 11.6 Å². The maximum atomic E-state index is 11.3. The molecule has 0 saturated heterocycles. The molecule has 13 heavy (non-hydrogen) atoms. The van der Waals surface area contributed by atoms with Crippen molar-refractivity contribution in [3.8, 4) is 0 Å². The standard InChI is InChI=1S/C11H11NO/c1-3-7-12-11(13)10-6-4-5-9(2)8-10/h3-8H,1H2,2H3. The summed E-state index contributed by atoms with van der Waals surface area (Å²) in [5.74, 6) is -0.233. The fourth-order valence-electron chi connectivity index (χ4n) is 0.973. The molecular formula is C11H11NO. The molecule has 2 nitrogen and oxygen atoms in total. The molecule has 0 bridgehead atoms. The highest BCUT2D eigenvalue weighted by molar-refractivity contribution is 6.00. The van der Waals surface area contributed by atoms with E-state index in [0.29, 0.717) is 5.56 Å². The maximum absolute atomic E-state index is 11.3. The summed E-state index contributed by atoms with van der Waals surface area (Å²) in [7, 11) is 0. The number of amides is 1. The van der Waals surface area contributed by atoms with Crippen molar-refractivity contribution in [2.75, 3.05) is 0 Å². The maximum Gasteiger partial charge on any atom is 0.276 e. The molecular weight excluding hydrogens is 162 g/mol. The van der Waals surface area contributed by atoms with Gasteiger partial charge in [-0.3, -0.25) is 4.79 Å². The van der Waals surface area contributed by atoms with Gasteiger partial charge in [0.25, 0.3) is 5.91 Å². The van der Waals surface area contributed by atoms with Crippen LogP contribution in [0.3, 0.4) is 0 Å². The Morgan fingerprint density at radius 3 is 2.92 bits per heavy atom. The number of aliphatic imine (C=N–C) groups is 1. The molecule has 0 spiro atoms. The third-order valence-electron chi connectivity index (χ3n) is 1.56. The van der Waals surface area contributed by atoms with Crippen LogP contribution in [0.2, 0.25) is 0 Å². The lowest BCUT2D eigenvalue weighted by Gasteiger charge is -1.95. The van der Waals surface area contributed by atoms with E-state index in [0.717, 1.165) is 5.56 Å². The van der Waals surface area contributed by atoms with Crippen molar-refractivity contribution in [1.29, 1.82) is 0 Å². The van der Waals surface area contributed by atoms with Gasteiger partial charge < -0.3 is 0 Å². The van der Waals surface area contributed by atoms with Gasteiger partial charge in [-0.2, -0.15) is 0 Å². The lowest BCUT2D eigenvalue weighted by Crippen LogP contribution is -1.94. The first-order valence-electron chi connectivity index (χ1n) is 4.00. The Hall–Kier alpha value is -1.70. The Balaban J connectivity index is 2.89. The minimum Gasteiger partial charge on any atom is -0.267 e. The summed E-state index contributed by atoms with van der Waals surface area (Å²) in [5, 5.41) is 0. The van der Waals surface area contributed by atoms with E-state index in [1.807, 2.05) is 25.1 Å². The number of aryl methyl sites for hydroxylation is 1. The number of rotatable bonds is 2. The van der Waals surface area contributed by atoms with Gasteiger partial charge in [-0.25, -0.2) is 4.99 Å². The number of allylic oxidation sites excluding steroid dienone is 1. The molecule has 0 aromatic heterocycles. The van der Waals surface area contributed by atoms with Crippen LogP contribution >= 0.6 is 0 Å². The van der Waals surface area contributed by atoms with Crippen LogP contribution in [0.15, 0.2) is 41.9 Å². The second kappa shape index (κ2) is 4.36. The first kappa shape index (κ1) is 9.39. The van der Waals surface area contributed by atoms with Gasteiger partial charge in [0.05, 0.1) is 0 Å². The first-order chi connectivity index (χ1) is 6.24. The van der Waals surface area contributed by atoms with Crippen molar-refractivity contribution in [3.05, 3.63) is 48.0 Å². The fourth-order valence-corrected chi connectivity index (χ4v) is 0.973. The molecule has 1 amide bonds. The summed E-state index contributed by atoms with van der Waals surface area (Å²) in [4.78, 5) is 15.0. The van der Waals surface area contributed by atoms with Crippen LogP contribution in [0.4, 0.5) is 0 Å². The molecule has 0 atom stereocenters. The molecule has 0 N–H and O–H groups in total. The molecule has 0 aliphatic carbocycles. The molecule has 0 radical (unpaired) electrons. The predicted molar refractivity (Wildman–Crippen MR) is 54.2 cm³/mol. The van der Waals surface area contributed by atoms with Gasteiger partial charge >= 0.3 is 0 Å². The van der Waals surface area contributed by atoms with E-state index in [1.165, 1.54) is 12.3 Å². The topological polar surface area (TPSA) is 29.4 Å². The Morgan fingerprint density at radius 2 is 2.31 bits per heavy atom. The van der Waals surface area contributed by atoms with E-state index in [-0.39, 0.29) is 5.91 Å². The van der Waals surface area contributed by atoms with Gasteiger partial charge in [-0.05, 0) is 19.1 Å². The number of carbonyl (C=O) groups excluding carboxylic acids is 1. The average molecular weight is 173 g/mol. The molecule has 0 saturated carbocycles. The minimum atomic E-state index is -0.233. The second-order valence-electron chi connectivity index (χ2n) is 2.69. The van der Waals surface area contributed by atoms with Gasteiger partial charge in [0.15, 0.2) is 0 Å². The normalized spacial score (nSPS) is 10.2. The van der Waals surface area contributed by atoms with Crippen LogP contribution in [0.5, 0.6) is 0 Å². The first-order valence-corrected chi connectivity index (χ1v) is 4.00. The zero-order chi connectivity index (χ0) is 9.68. The lowest BCUT2D eigenvalue weighted by atomic mass is 10.1. The number of carbonyl (C=O) groups is 1. The van der Waals surface area contributed by atoms with E-state index in [4.69, 9.17) is 0 Å². The number of nitrogens with zero attached hydrogens (tertiary/aromatic N) is 1. The molecule has 1 aromatic carbocycles. The van der Waals surface area contributed by atoms with Crippen molar-refractivity contribution in [2.24, 2.45) is 4.99 Å². The number of benzene rings is 1. The average Bonchev–Trinajstić information content (AvgIpc) is 2.14. The van der Waals surface area contributed by atoms with E-state index < -0.39 is 0 Å². The second-order valence-corrected chi connectivity index (χ2v) is 2.69. The molecule has 2 heteroatoms. The summed E-state index contributed by atoms with van der Waals surface area (Å²) in [5.41, 5.74) is 1.66. The summed E-state index contributed by atoms with van der Waals surface area (Å²) in [6.45, 7) is 5.38. The van der Waals surface area contributed by atoms with Crippen molar-refractivity contribution in [3.63, 3.8) is 0 Å². The van der Waals surface area contributed by atoms with Gasteiger partial charge in [0.2, 0.25) is 0 Å². The zero-order valence-electron chi connectivity index (χ0n) is 7.53. The Labute approximate surface area is 77.6 Å². The minimum absolute atomic E-state index is 0.233.